The average Bonchev–Trinajstić information content (AvgIpc) is 2.77. The van der Waals surface area contributed by atoms with Gasteiger partial charge >= 0.3 is 6.09 Å². The number of halogens is 2. The summed E-state index contributed by atoms with van der Waals surface area (Å²) in [7, 11) is 0. The van der Waals surface area contributed by atoms with Crippen LogP contribution in [0, 0.1) is 0 Å². The highest BCUT2D eigenvalue weighted by molar-refractivity contribution is 9.10. The van der Waals surface area contributed by atoms with Gasteiger partial charge in [-0.3, -0.25) is 10.00 Å². The summed E-state index contributed by atoms with van der Waals surface area (Å²) in [6.07, 6.45) is 2.78. The van der Waals surface area contributed by atoms with Gasteiger partial charge < -0.3 is 4.74 Å². The zero-order valence-electron chi connectivity index (χ0n) is 12.6. The van der Waals surface area contributed by atoms with Gasteiger partial charge in [0.1, 0.15) is 5.60 Å². The van der Waals surface area contributed by atoms with Crippen LogP contribution in [0.25, 0.3) is 0 Å². The fourth-order valence-corrected chi connectivity index (χ4v) is 2.49. The Kier molecular flexibility index (Phi) is 5.13. The number of nitrogens with one attached hydrogen (secondary N) is 1. The number of benzene rings is 1. The van der Waals surface area contributed by atoms with Gasteiger partial charge in [0, 0.05) is 15.7 Å². The molecule has 2 rings (SSSR count). The van der Waals surface area contributed by atoms with Crippen molar-refractivity contribution in [3.63, 3.8) is 0 Å². The second kappa shape index (κ2) is 6.71. The number of hydrogen-bond acceptors (Lipinski definition) is 3. The van der Waals surface area contributed by atoms with Gasteiger partial charge in [-0.15, -0.1) is 0 Å². The third kappa shape index (κ3) is 5.03. The minimum absolute atomic E-state index is 0.506. The van der Waals surface area contributed by atoms with Gasteiger partial charge in [-0.1, -0.05) is 33.6 Å². The van der Waals surface area contributed by atoms with Crippen LogP contribution in [0.4, 0.5) is 10.5 Å². The van der Waals surface area contributed by atoms with Crippen LogP contribution in [0.1, 0.15) is 26.3 Å². The molecule has 1 amide bonds. The summed E-state index contributed by atoms with van der Waals surface area (Å²) in [5, 5.41) is 7.50. The molecular formula is C15H17BrClN3O2. The molecule has 0 spiro atoms. The maximum absolute atomic E-state index is 11.7. The quantitative estimate of drug-likeness (QED) is 0.832. The van der Waals surface area contributed by atoms with E-state index in [2.05, 4.69) is 26.3 Å². The highest BCUT2D eigenvalue weighted by Gasteiger charge is 2.16. The Labute approximate surface area is 142 Å². The summed E-state index contributed by atoms with van der Waals surface area (Å²) in [5.74, 6) is 0. The molecule has 0 aliphatic carbocycles. The average molecular weight is 387 g/mol. The molecule has 1 heterocycles. The van der Waals surface area contributed by atoms with Crippen molar-refractivity contribution in [2.24, 2.45) is 0 Å². The van der Waals surface area contributed by atoms with Crippen LogP contribution >= 0.6 is 27.5 Å². The van der Waals surface area contributed by atoms with Crippen molar-refractivity contribution >= 4 is 39.3 Å². The van der Waals surface area contributed by atoms with Crippen LogP contribution in [-0.4, -0.2) is 21.5 Å². The van der Waals surface area contributed by atoms with Crippen LogP contribution in [0.5, 0.6) is 0 Å². The van der Waals surface area contributed by atoms with Crippen molar-refractivity contribution in [2.45, 2.75) is 32.9 Å². The Bertz CT molecular complexity index is 680. The van der Waals surface area contributed by atoms with Gasteiger partial charge in [0.05, 0.1) is 18.4 Å². The SMILES string of the molecule is CC(C)(C)OC(=O)Nc1cnn(Cc2ccc(Br)cc2Cl)c1. The van der Waals surface area contributed by atoms with Crippen molar-refractivity contribution in [3.05, 3.63) is 45.7 Å². The topological polar surface area (TPSA) is 56.1 Å². The molecule has 1 aromatic carbocycles. The monoisotopic (exact) mass is 385 g/mol. The van der Waals surface area contributed by atoms with E-state index in [4.69, 9.17) is 16.3 Å². The number of amides is 1. The molecule has 5 nitrogen and oxygen atoms in total. The predicted molar refractivity (Wildman–Crippen MR) is 90.3 cm³/mol. The van der Waals surface area contributed by atoms with Gasteiger partial charge in [-0.2, -0.15) is 5.10 Å². The lowest BCUT2D eigenvalue weighted by molar-refractivity contribution is 0.0636. The zero-order valence-corrected chi connectivity index (χ0v) is 14.9. The maximum Gasteiger partial charge on any atom is 0.412 e. The molecule has 22 heavy (non-hydrogen) atoms. The van der Waals surface area contributed by atoms with Gasteiger partial charge in [0.15, 0.2) is 0 Å². The second-order valence-corrected chi connectivity index (χ2v) is 7.11. The highest BCUT2D eigenvalue weighted by atomic mass is 79.9. The van der Waals surface area contributed by atoms with Crippen LogP contribution in [-0.2, 0) is 11.3 Å². The molecule has 0 radical (unpaired) electrons. The summed E-state index contributed by atoms with van der Waals surface area (Å²) in [4.78, 5) is 11.7. The molecule has 2 aromatic rings. The molecule has 0 bridgehead atoms. The zero-order chi connectivity index (χ0) is 16.3. The summed E-state index contributed by atoms with van der Waals surface area (Å²) in [6.45, 7) is 5.95. The normalized spacial score (nSPS) is 11.3. The number of ether oxygens (including phenoxy) is 1. The molecule has 118 valence electrons. The van der Waals surface area contributed by atoms with Gasteiger partial charge in [0.2, 0.25) is 0 Å². The molecule has 0 aliphatic heterocycles. The second-order valence-electron chi connectivity index (χ2n) is 5.79. The molecule has 0 atom stereocenters. The van der Waals surface area contributed by atoms with Crippen molar-refractivity contribution in [3.8, 4) is 0 Å². The van der Waals surface area contributed by atoms with E-state index in [0.717, 1.165) is 10.0 Å². The molecule has 0 unspecified atom stereocenters. The molecule has 1 N–H and O–H groups in total. The lowest BCUT2D eigenvalue weighted by atomic mass is 10.2. The predicted octanol–water partition coefficient (Wildman–Crippen LogP) is 4.69. The van der Waals surface area contributed by atoms with Crippen molar-refractivity contribution in [2.75, 3.05) is 5.32 Å². The summed E-state index contributed by atoms with van der Waals surface area (Å²) in [6, 6.07) is 5.68. The molecule has 0 fully saturated rings. The molecule has 0 saturated heterocycles. The smallest absolute Gasteiger partial charge is 0.412 e. The molecular weight excluding hydrogens is 370 g/mol. The fourth-order valence-electron chi connectivity index (χ4n) is 1.76. The van der Waals surface area contributed by atoms with Crippen LogP contribution in [0.3, 0.4) is 0 Å². The minimum Gasteiger partial charge on any atom is -0.444 e. The highest BCUT2D eigenvalue weighted by Crippen LogP contribution is 2.22. The van der Waals surface area contributed by atoms with Gasteiger partial charge in [-0.25, -0.2) is 4.79 Å². The molecule has 0 saturated carbocycles. The third-order valence-corrected chi connectivity index (χ3v) is 3.47. The van der Waals surface area contributed by atoms with E-state index in [9.17, 15) is 4.79 Å². The Hall–Kier alpha value is -1.53. The number of anilines is 1. The first kappa shape index (κ1) is 16.8. The third-order valence-electron chi connectivity index (χ3n) is 2.63. The summed E-state index contributed by atoms with van der Waals surface area (Å²) >= 11 is 9.55. The number of rotatable bonds is 3. The number of hydrogen-bond donors (Lipinski definition) is 1. The van der Waals surface area contributed by atoms with Crippen molar-refractivity contribution in [1.29, 1.82) is 0 Å². The largest absolute Gasteiger partial charge is 0.444 e. The lowest BCUT2D eigenvalue weighted by Crippen LogP contribution is -2.27. The van der Waals surface area contributed by atoms with E-state index in [1.807, 2.05) is 39.0 Å². The van der Waals surface area contributed by atoms with Gasteiger partial charge in [0.25, 0.3) is 0 Å². The summed E-state index contributed by atoms with van der Waals surface area (Å²) in [5.41, 5.74) is 0.977. The maximum atomic E-state index is 11.7. The Morgan fingerprint density at radius 2 is 2.18 bits per heavy atom. The Balaban J connectivity index is 2.01. The van der Waals surface area contributed by atoms with Crippen LogP contribution in [0.2, 0.25) is 5.02 Å². The van der Waals surface area contributed by atoms with E-state index >= 15 is 0 Å². The minimum atomic E-state index is -0.537. The number of carbonyl (C=O) groups excluding carboxylic acids is 1. The van der Waals surface area contributed by atoms with E-state index in [0.29, 0.717) is 17.3 Å². The Morgan fingerprint density at radius 1 is 1.45 bits per heavy atom. The number of aromatic nitrogens is 2. The first-order valence-corrected chi connectivity index (χ1v) is 7.86. The van der Waals surface area contributed by atoms with E-state index in [1.165, 1.54) is 0 Å². The van der Waals surface area contributed by atoms with Gasteiger partial charge in [-0.05, 0) is 38.5 Å². The first-order chi connectivity index (χ1) is 10.2. The molecule has 0 aliphatic rings. The van der Waals surface area contributed by atoms with Crippen molar-refractivity contribution < 1.29 is 9.53 Å². The van der Waals surface area contributed by atoms with E-state index in [1.54, 1.807) is 17.1 Å². The van der Waals surface area contributed by atoms with Crippen molar-refractivity contribution in [1.82, 2.24) is 9.78 Å². The Morgan fingerprint density at radius 3 is 2.82 bits per heavy atom. The lowest BCUT2D eigenvalue weighted by Gasteiger charge is -2.19. The number of carbonyl (C=O) groups is 1. The molecule has 7 heteroatoms. The first-order valence-electron chi connectivity index (χ1n) is 6.69. The molecule has 1 aromatic heterocycles. The standard InChI is InChI=1S/C15H17BrClN3O2/c1-15(2,3)22-14(21)19-12-7-18-20(9-12)8-10-4-5-11(16)6-13(10)17/h4-7,9H,8H2,1-3H3,(H,19,21). The summed E-state index contributed by atoms with van der Waals surface area (Å²) < 4.78 is 7.81. The van der Waals surface area contributed by atoms with E-state index < -0.39 is 11.7 Å². The van der Waals surface area contributed by atoms with Crippen LogP contribution < -0.4 is 5.32 Å². The fraction of sp³-hybridized carbons (Fsp3) is 0.333. The van der Waals surface area contributed by atoms with E-state index in [-0.39, 0.29) is 0 Å². The van der Waals surface area contributed by atoms with Crippen LogP contribution in [0.15, 0.2) is 35.1 Å². The number of nitrogens with zero attached hydrogens (tertiary/aromatic N) is 2.